The second-order valence-corrected chi connectivity index (χ2v) is 6.11. The highest BCUT2D eigenvalue weighted by atomic mass is 35.7. The van der Waals surface area contributed by atoms with Crippen LogP contribution < -0.4 is 0 Å². The quantitative estimate of drug-likeness (QED) is 0.866. The first-order chi connectivity index (χ1) is 7.89. The molecule has 2 rings (SSSR count). The average Bonchev–Trinajstić information content (AvgIpc) is 2.65. The Hall–Kier alpha value is -1.11. The second-order valence-electron chi connectivity index (χ2n) is 3.17. The van der Waals surface area contributed by atoms with Crippen molar-refractivity contribution in [2.24, 2.45) is 0 Å². The van der Waals surface area contributed by atoms with E-state index in [2.05, 4.69) is 10.2 Å². The Kier molecular flexibility index (Phi) is 3.11. The van der Waals surface area contributed by atoms with Gasteiger partial charge in [0.1, 0.15) is 10.7 Å². The monoisotopic (exact) mass is 294 g/mol. The topological polar surface area (TPSA) is 62.8 Å². The number of halogens is 3. The molecule has 0 saturated carbocycles. The number of aromatic nitrogens is 2. The van der Waals surface area contributed by atoms with Crippen LogP contribution in [0.25, 0.3) is 11.3 Å². The molecule has 0 radical (unpaired) electrons. The molecule has 17 heavy (non-hydrogen) atoms. The first kappa shape index (κ1) is 12.3. The van der Waals surface area contributed by atoms with Crippen molar-refractivity contribution in [3.63, 3.8) is 0 Å². The lowest BCUT2D eigenvalue weighted by Gasteiger charge is -2.03. The Morgan fingerprint density at radius 3 is 2.65 bits per heavy atom. The van der Waals surface area contributed by atoms with Gasteiger partial charge in [-0.25, -0.2) is 12.8 Å². The summed E-state index contributed by atoms with van der Waals surface area (Å²) in [5.41, 5.74) is 0.440. The highest BCUT2D eigenvalue weighted by Gasteiger charge is 2.20. The maximum atomic E-state index is 12.9. The predicted molar refractivity (Wildman–Crippen MR) is 62.0 cm³/mol. The van der Waals surface area contributed by atoms with Gasteiger partial charge in [0, 0.05) is 16.2 Å². The number of aromatic amines is 1. The second kappa shape index (κ2) is 4.29. The van der Waals surface area contributed by atoms with E-state index < -0.39 is 14.9 Å². The van der Waals surface area contributed by atoms with Crippen molar-refractivity contribution >= 4 is 31.3 Å². The number of nitrogens with one attached hydrogen (secondary N) is 1. The van der Waals surface area contributed by atoms with Crippen LogP contribution >= 0.6 is 22.3 Å². The lowest BCUT2D eigenvalue weighted by atomic mass is 10.1. The average molecular weight is 295 g/mol. The van der Waals surface area contributed by atoms with Crippen LogP contribution in [0, 0.1) is 5.82 Å². The lowest BCUT2D eigenvalue weighted by molar-refractivity contribution is 0.610. The first-order valence-electron chi connectivity index (χ1n) is 4.33. The van der Waals surface area contributed by atoms with Gasteiger partial charge in [-0.1, -0.05) is 11.6 Å². The number of H-pyrrole nitrogens is 1. The number of nitrogens with zero attached hydrogens (tertiary/aromatic N) is 1. The molecule has 1 aromatic carbocycles. The van der Waals surface area contributed by atoms with E-state index in [9.17, 15) is 12.8 Å². The summed E-state index contributed by atoms with van der Waals surface area (Å²) in [7, 11) is 1.29. The summed E-state index contributed by atoms with van der Waals surface area (Å²) in [6.45, 7) is 0. The minimum atomic E-state index is -3.94. The minimum Gasteiger partial charge on any atom is -0.276 e. The summed E-state index contributed by atoms with van der Waals surface area (Å²) >= 11 is 5.82. The number of benzene rings is 1. The van der Waals surface area contributed by atoms with Crippen molar-refractivity contribution in [2.45, 2.75) is 4.90 Å². The van der Waals surface area contributed by atoms with Crippen LogP contribution in [0.4, 0.5) is 4.39 Å². The first-order valence-corrected chi connectivity index (χ1v) is 7.02. The molecule has 0 amide bonds. The molecule has 0 unspecified atom stereocenters. The lowest BCUT2D eigenvalue weighted by Crippen LogP contribution is -1.92. The van der Waals surface area contributed by atoms with Crippen molar-refractivity contribution < 1.29 is 12.8 Å². The SMILES string of the molecule is O=S(=O)(Cl)c1cn[nH]c1-c1ccc(F)cc1Cl. The van der Waals surface area contributed by atoms with Crippen molar-refractivity contribution in [1.29, 1.82) is 0 Å². The normalized spacial score (nSPS) is 11.7. The Bertz CT molecular complexity index is 669. The summed E-state index contributed by atoms with van der Waals surface area (Å²) < 4.78 is 35.4. The van der Waals surface area contributed by atoms with Crippen LogP contribution in [0.1, 0.15) is 0 Å². The molecular formula is C9H5Cl2FN2O2S. The maximum Gasteiger partial charge on any atom is 0.265 e. The van der Waals surface area contributed by atoms with Gasteiger partial charge in [0.2, 0.25) is 0 Å². The highest BCUT2D eigenvalue weighted by Crippen LogP contribution is 2.32. The third-order valence-corrected chi connectivity index (χ3v) is 3.71. The molecule has 0 aliphatic rings. The van der Waals surface area contributed by atoms with Crippen LogP contribution in [0.5, 0.6) is 0 Å². The maximum absolute atomic E-state index is 12.9. The van der Waals surface area contributed by atoms with Crippen LogP contribution in [-0.2, 0) is 9.05 Å². The van der Waals surface area contributed by atoms with E-state index in [4.69, 9.17) is 22.3 Å². The number of hydrogen-bond acceptors (Lipinski definition) is 3. The Morgan fingerprint density at radius 2 is 2.06 bits per heavy atom. The summed E-state index contributed by atoms with van der Waals surface area (Å²) in [6, 6.07) is 3.58. The van der Waals surface area contributed by atoms with Gasteiger partial charge in [0.25, 0.3) is 9.05 Å². The summed E-state index contributed by atoms with van der Waals surface area (Å²) in [5, 5.41) is 6.12. The van der Waals surface area contributed by atoms with Gasteiger partial charge in [-0.2, -0.15) is 5.10 Å². The van der Waals surface area contributed by atoms with E-state index in [1.54, 1.807) is 0 Å². The number of hydrogen-bond donors (Lipinski definition) is 1. The van der Waals surface area contributed by atoms with E-state index in [1.807, 2.05) is 0 Å². The van der Waals surface area contributed by atoms with Crippen molar-refractivity contribution in [3.8, 4) is 11.3 Å². The zero-order chi connectivity index (χ0) is 12.6. The number of rotatable bonds is 2. The third kappa shape index (κ3) is 2.43. The molecule has 0 fully saturated rings. The van der Waals surface area contributed by atoms with E-state index in [0.717, 1.165) is 18.3 Å². The summed E-state index contributed by atoms with van der Waals surface area (Å²) in [6.07, 6.45) is 1.07. The zero-order valence-electron chi connectivity index (χ0n) is 8.12. The van der Waals surface area contributed by atoms with Crippen LogP contribution in [0.2, 0.25) is 5.02 Å². The molecule has 1 aromatic heterocycles. The molecule has 8 heteroatoms. The molecule has 1 heterocycles. The van der Waals surface area contributed by atoms with Crippen molar-refractivity contribution in [1.82, 2.24) is 10.2 Å². The third-order valence-electron chi connectivity index (χ3n) is 2.07. The highest BCUT2D eigenvalue weighted by molar-refractivity contribution is 8.13. The van der Waals surface area contributed by atoms with Gasteiger partial charge >= 0.3 is 0 Å². The molecule has 0 aliphatic heterocycles. The minimum absolute atomic E-state index is 0.0656. The largest absolute Gasteiger partial charge is 0.276 e. The van der Waals surface area contributed by atoms with Gasteiger partial charge in [-0.05, 0) is 18.2 Å². The molecule has 0 spiro atoms. The Morgan fingerprint density at radius 1 is 1.35 bits per heavy atom. The fourth-order valence-electron chi connectivity index (χ4n) is 1.35. The Labute approximate surface area is 106 Å². The molecule has 0 saturated heterocycles. The fraction of sp³-hybridized carbons (Fsp3) is 0. The van der Waals surface area contributed by atoms with Crippen molar-refractivity contribution in [2.75, 3.05) is 0 Å². The molecule has 4 nitrogen and oxygen atoms in total. The van der Waals surface area contributed by atoms with Crippen molar-refractivity contribution in [3.05, 3.63) is 35.2 Å². The predicted octanol–water partition coefficient (Wildman–Crippen LogP) is 2.80. The van der Waals surface area contributed by atoms with Gasteiger partial charge in [-0.3, -0.25) is 5.10 Å². The van der Waals surface area contributed by atoms with Crippen LogP contribution in [0.15, 0.2) is 29.3 Å². The van der Waals surface area contributed by atoms with Gasteiger partial charge in [0.05, 0.1) is 16.9 Å². The van der Waals surface area contributed by atoms with Gasteiger partial charge in [0.15, 0.2) is 0 Å². The molecule has 2 aromatic rings. The summed E-state index contributed by atoms with van der Waals surface area (Å²) in [4.78, 5) is -0.201. The molecular weight excluding hydrogens is 290 g/mol. The molecule has 0 aliphatic carbocycles. The van der Waals surface area contributed by atoms with E-state index in [1.165, 1.54) is 6.07 Å². The molecule has 1 N–H and O–H groups in total. The fourth-order valence-corrected chi connectivity index (χ4v) is 2.54. The van der Waals surface area contributed by atoms with Crippen LogP contribution in [0.3, 0.4) is 0 Å². The smallest absolute Gasteiger partial charge is 0.265 e. The van der Waals surface area contributed by atoms with E-state index in [-0.39, 0.29) is 15.6 Å². The van der Waals surface area contributed by atoms with E-state index in [0.29, 0.717) is 5.56 Å². The molecule has 0 atom stereocenters. The van der Waals surface area contributed by atoms with Gasteiger partial charge in [-0.15, -0.1) is 0 Å². The standard InChI is InChI=1S/C9H5Cl2FN2O2S/c10-7-3-5(12)1-2-6(7)9-8(4-13-14-9)17(11,15)16/h1-4H,(H,13,14). The zero-order valence-corrected chi connectivity index (χ0v) is 10.4. The van der Waals surface area contributed by atoms with Gasteiger partial charge < -0.3 is 0 Å². The Balaban J connectivity index is 2.66. The van der Waals surface area contributed by atoms with E-state index >= 15 is 0 Å². The molecule has 90 valence electrons. The summed E-state index contributed by atoms with van der Waals surface area (Å²) in [5.74, 6) is -0.520. The molecule has 0 bridgehead atoms. The van der Waals surface area contributed by atoms with Crippen LogP contribution in [-0.4, -0.2) is 18.6 Å².